The summed E-state index contributed by atoms with van der Waals surface area (Å²) in [4.78, 5) is 23.7. The fourth-order valence-electron chi connectivity index (χ4n) is 2.58. The molecule has 7 heteroatoms. The quantitative estimate of drug-likeness (QED) is 0.918. The Labute approximate surface area is 118 Å². The number of anilines is 1. The Balaban J connectivity index is 2.76. The Morgan fingerprint density at radius 1 is 1.33 bits per heavy atom. The van der Waals surface area contributed by atoms with Crippen molar-refractivity contribution in [3.63, 3.8) is 0 Å². The van der Waals surface area contributed by atoms with Crippen LogP contribution in [-0.4, -0.2) is 11.7 Å². The first-order valence-corrected chi connectivity index (χ1v) is 5.96. The maximum absolute atomic E-state index is 13.5. The highest BCUT2D eigenvalue weighted by atomic mass is 19.2. The van der Waals surface area contributed by atoms with Crippen molar-refractivity contribution in [3.05, 3.63) is 29.3 Å². The predicted octanol–water partition coefficient (Wildman–Crippen LogP) is 1.80. The molecule has 0 aromatic heterocycles. The lowest BCUT2D eigenvalue weighted by Gasteiger charge is -2.27. The lowest BCUT2D eigenvalue weighted by Crippen LogP contribution is -2.42. The van der Waals surface area contributed by atoms with Crippen LogP contribution < -0.4 is 5.32 Å². The summed E-state index contributed by atoms with van der Waals surface area (Å²) in [5.41, 5.74) is -1.90. The SMILES string of the molecule is CC(=O)C[C@]1(C(C#N)C#N)C(=O)Nc2cc(F)c(F)cc21. The molecule has 1 aromatic carbocycles. The maximum Gasteiger partial charge on any atom is 0.238 e. The first kappa shape index (κ1) is 14.6. The van der Waals surface area contributed by atoms with Crippen LogP contribution in [0, 0.1) is 40.2 Å². The highest BCUT2D eigenvalue weighted by Crippen LogP contribution is 2.46. The molecule has 1 amide bonds. The van der Waals surface area contributed by atoms with E-state index in [4.69, 9.17) is 10.5 Å². The van der Waals surface area contributed by atoms with Crippen LogP contribution in [0.15, 0.2) is 12.1 Å². The topological polar surface area (TPSA) is 93.8 Å². The van der Waals surface area contributed by atoms with E-state index in [1.165, 1.54) is 6.92 Å². The van der Waals surface area contributed by atoms with Gasteiger partial charge in [0.15, 0.2) is 17.6 Å². The molecular weight excluding hydrogens is 280 g/mol. The van der Waals surface area contributed by atoms with Crippen LogP contribution in [0.25, 0.3) is 0 Å². The van der Waals surface area contributed by atoms with Crippen LogP contribution in [0.3, 0.4) is 0 Å². The molecule has 21 heavy (non-hydrogen) atoms. The van der Waals surface area contributed by atoms with Gasteiger partial charge in [-0.3, -0.25) is 9.59 Å². The molecule has 106 valence electrons. The van der Waals surface area contributed by atoms with Crippen molar-refractivity contribution in [2.24, 2.45) is 5.92 Å². The van der Waals surface area contributed by atoms with E-state index in [0.29, 0.717) is 0 Å². The first-order chi connectivity index (χ1) is 9.86. The van der Waals surface area contributed by atoms with Crippen LogP contribution in [0.2, 0.25) is 0 Å². The van der Waals surface area contributed by atoms with E-state index in [0.717, 1.165) is 12.1 Å². The Kier molecular flexibility index (Phi) is 3.44. The second kappa shape index (κ2) is 4.95. The molecule has 1 aliphatic heterocycles. The highest BCUT2D eigenvalue weighted by molar-refractivity contribution is 6.09. The number of nitriles is 2. The summed E-state index contributed by atoms with van der Waals surface area (Å²) < 4.78 is 26.7. The number of carbonyl (C=O) groups is 2. The van der Waals surface area contributed by atoms with Gasteiger partial charge in [-0.25, -0.2) is 8.78 Å². The molecule has 0 spiro atoms. The fraction of sp³-hybridized carbons (Fsp3) is 0.286. The third kappa shape index (κ3) is 2.03. The van der Waals surface area contributed by atoms with Crippen molar-refractivity contribution in [2.75, 3.05) is 5.32 Å². The Morgan fingerprint density at radius 3 is 2.43 bits per heavy atom. The number of hydrogen-bond donors (Lipinski definition) is 1. The van der Waals surface area contributed by atoms with E-state index < -0.39 is 41.1 Å². The van der Waals surface area contributed by atoms with Crippen molar-refractivity contribution < 1.29 is 18.4 Å². The third-order valence-corrected chi connectivity index (χ3v) is 3.47. The average molecular weight is 289 g/mol. The summed E-state index contributed by atoms with van der Waals surface area (Å²) in [6, 6.07) is 4.84. The largest absolute Gasteiger partial charge is 0.325 e. The van der Waals surface area contributed by atoms with E-state index in [1.807, 2.05) is 0 Å². The van der Waals surface area contributed by atoms with Crippen LogP contribution in [0.5, 0.6) is 0 Å². The molecular formula is C14H9F2N3O2. The van der Waals surface area contributed by atoms with Gasteiger partial charge in [0, 0.05) is 18.2 Å². The molecule has 0 aliphatic carbocycles. The minimum Gasteiger partial charge on any atom is -0.325 e. The fourth-order valence-corrected chi connectivity index (χ4v) is 2.58. The molecule has 0 fully saturated rings. The number of carbonyl (C=O) groups excluding carboxylic acids is 2. The number of Topliss-reactive ketones (excluding diaryl/α,β-unsaturated/α-hetero) is 1. The molecule has 1 aromatic rings. The van der Waals surface area contributed by atoms with Gasteiger partial charge in [0.2, 0.25) is 5.91 Å². The normalized spacial score (nSPS) is 19.6. The zero-order valence-corrected chi connectivity index (χ0v) is 10.9. The molecule has 0 bridgehead atoms. The molecule has 0 unspecified atom stereocenters. The smallest absolute Gasteiger partial charge is 0.238 e. The Hall–Kier alpha value is -2.80. The monoisotopic (exact) mass is 289 g/mol. The second-order valence-corrected chi connectivity index (χ2v) is 4.81. The number of nitrogens with one attached hydrogen (secondary N) is 1. The summed E-state index contributed by atoms with van der Waals surface area (Å²) >= 11 is 0. The number of amides is 1. The zero-order valence-electron chi connectivity index (χ0n) is 10.9. The van der Waals surface area contributed by atoms with Gasteiger partial charge in [0.25, 0.3) is 0 Å². The minimum atomic E-state index is -1.82. The number of ketones is 1. The van der Waals surface area contributed by atoms with Gasteiger partial charge < -0.3 is 5.32 Å². The number of benzene rings is 1. The lowest BCUT2D eigenvalue weighted by atomic mass is 9.69. The van der Waals surface area contributed by atoms with Crippen LogP contribution in [-0.2, 0) is 15.0 Å². The standard InChI is InChI=1S/C14H9F2N3O2/c1-7(20)4-14(8(5-17)6-18)9-2-10(15)11(16)3-12(9)19-13(14)21/h2-3,8H,4H2,1H3,(H,19,21)/t14-/m1/s1. The average Bonchev–Trinajstić information content (AvgIpc) is 2.65. The van der Waals surface area contributed by atoms with E-state index >= 15 is 0 Å². The summed E-state index contributed by atoms with van der Waals surface area (Å²) in [7, 11) is 0. The second-order valence-electron chi connectivity index (χ2n) is 4.81. The van der Waals surface area contributed by atoms with E-state index in [2.05, 4.69) is 5.32 Å². The van der Waals surface area contributed by atoms with Gasteiger partial charge in [0.1, 0.15) is 11.2 Å². The number of hydrogen-bond acceptors (Lipinski definition) is 4. The molecule has 1 aliphatic rings. The summed E-state index contributed by atoms with van der Waals surface area (Å²) in [5, 5.41) is 20.5. The number of halogens is 2. The summed E-state index contributed by atoms with van der Waals surface area (Å²) in [6.45, 7) is 1.19. The van der Waals surface area contributed by atoms with Crippen LogP contribution in [0.4, 0.5) is 14.5 Å². The minimum absolute atomic E-state index is 0.0318. The molecule has 0 radical (unpaired) electrons. The molecule has 1 heterocycles. The van der Waals surface area contributed by atoms with Gasteiger partial charge in [-0.05, 0) is 18.6 Å². The van der Waals surface area contributed by atoms with Gasteiger partial charge in [0.05, 0.1) is 12.1 Å². The van der Waals surface area contributed by atoms with Crippen molar-refractivity contribution in [3.8, 4) is 12.1 Å². The molecule has 0 saturated carbocycles. The number of nitrogens with zero attached hydrogens (tertiary/aromatic N) is 2. The number of rotatable bonds is 3. The molecule has 1 N–H and O–H groups in total. The maximum atomic E-state index is 13.5. The zero-order chi connectivity index (χ0) is 15.8. The summed E-state index contributed by atoms with van der Waals surface area (Å²) in [5.74, 6) is -5.11. The Morgan fingerprint density at radius 2 is 1.90 bits per heavy atom. The van der Waals surface area contributed by atoms with E-state index in [-0.39, 0.29) is 11.3 Å². The summed E-state index contributed by atoms with van der Waals surface area (Å²) in [6.07, 6.45) is -0.442. The first-order valence-electron chi connectivity index (χ1n) is 5.96. The molecule has 2 rings (SSSR count). The Bertz CT molecular complexity index is 719. The van der Waals surface area contributed by atoms with Crippen molar-refractivity contribution in [2.45, 2.75) is 18.8 Å². The number of fused-ring (bicyclic) bond motifs is 1. The van der Waals surface area contributed by atoms with Gasteiger partial charge in [-0.2, -0.15) is 10.5 Å². The van der Waals surface area contributed by atoms with E-state index in [1.54, 1.807) is 12.1 Å². The molecule has 5 nitrogen and oxygen atoms in total. The predicted molar refractivity (Wildman–Crippen MR) is 66.7 cm³/mol. The van der Waals surface area contributed by atoms with Gasteiger partial charge in [-0.1, -0.05) is 0 Å². The van der Waals surface area contributed by atoms with Gasteiger partial charge in [-0.15, -0.1) is 0 Å². The third-order valence-electron chi connectivity index (χ3n) is 3.47. The molecule has 1 atom stereocenters. The lowest BCUT2D eigenvalue weighted by molar-refractivity contribution is -0.127. The van der Waals surface area contributed by atoms with Crippen molar-refractivity contribution >= 4 is 17.4 Å². The highest BCUT2D eigenvalue weighted by Gasteiger charge is 2.54. The van der Waals surface area contributed by atoms with E-state index in [9.17, 15) is 18.4 Å². The van der Waals surface area contributed by atoms with Crippen molar-refractivity contribution in [1.29, 1.82) is 10.5 Å². The van der Waals surface area contributed by atoms with Crippen LogP contribution in [0.1, 0.15) is 18.9 Å². The van der Waals surface area contributed by atoms with Crippen LogP contribution >= 0.6 is 0 Å². The van der Waals surface area contributed by atoms with Crippen molar-refractivity contribution in [1.82, 2.24) is 0 Å². The van der Waals surface area contributed by atoms with Gasteiger partial charge >= 0.3 is 0 Å². The molecule has 0 saturated heterocycles.